The highest BCUT2D eigenvalue weighted by atomic mass is 16.2. The summed E-state index contributed by atoms with van der Waals surface area (Å²) in [5.74, 6) is 0.841. The van der Waals surface area contributed by atoms with Crippen molar-refractivity contribution in [2.24, 2.45) is 5.92 Å². The highest BCUT2D eigenvalue weighted by Gasteiger charge is 2.34. The Labute approximate surface area is 112 Å². The zero-order valence-electron chi connectivity index (χ0n) is 12.6. The van der Waals surface area contributed by atoms with Crippen LogP contribution in [-0.2, 0) is 4.79 Å². The summed E-state index contributed by atoms with van der Waals surface area (Å²) < 4.78 is 0. The summed E-state index contributed by atoms with van der Waals surface area (Å²) in [7, 11) is 0. The number of hydrogen-bond donors (Lipinski definition) is 1. The molecule has 0 aromatic carbocycles. The van der Waals surface area contributed by atoms with Crippen molar-refractivity contribution in [1.82, 2.24) is 15.1 Å². The van der Waals surface area contributed by atoms with E-state index in [4.69, 9.17) is 0 Å². The van der Waals surface area contributed by atoms with Crippen molar-refractivity contribution in [3.05, 3.63) is 0 Å². The van der Waals surface area contributed by atoms with Gasteiger partial charge in [0.25, 0.3) is 0 Å². The first-order valence-electron chi connectivity index (χ1n) is 7.25. The Balaban J connectivity index is 2.50. The molecule has 1 saturated heterocycles. The van der Waals surface area contributed by atoms with Crippen LogP contribution in [0.25, 0.3) is 0 Å². The van der Waals surface area contributed by atoms with Gasteiger partial charge in [-0.2, -0.15) is 0 Å². The first-order chi connectivity index (χ1) is 8.49. The Morgan fingerprint density at radius 1 is 1.33 bits per heavy atom. The molecule has 0 aliphatic carbocycles. The van der Waals surface area contributed by atoms with Crippen LogP contribution in [-0.4, -0.2) is 54.1 Å². The minimum atomic E-state index is 0.0316. The van der Waals surface area contributed by atoms with Gasteiger partial charge in [0.2, 0.25) is 5.91 Å². The maximum atomic E-state index is 12.3. The van der Waals surface area contributed by atoms with Gasteiger partial charge in [-0.15, -0.1) is 0 Å². The van der Waals surface area contributed by atoms with Crippen LogP contribution in [0.1, 0.15) is 41.0 Å². The van der Waals surface area contributed by atoms with Gasteiger partial charge in [-0.25, -0.2) is 0 Å². The molecule has 1 rings (SSSR count). The third-order valence-corrected chi connectivity index (χ3v) is 3.75. The first kappa shape index (κ1) is 15.4. The minimum absolute atomic E-state index is 0.0316. The summed E-state index contributed by atoms with van der Waals surface area (Å²) in [4.78, 5) is 16.6. The molecule has 2 unspecified atom stereocenters. The molecule has 1 N–H and O–H groups in total. The molecule has 0 radical (unpaired) electrons. The molecule has 0 aromatic rings. The number of rotatable bonds is 7. The quantitative estimate of drug-likeness (QED) is 0.749. The summed E-state index contributed by atoms with van der Waals surface area (Å²) >= 11 is 0. The smallest absolute Gasteiger partial charge is 0.241 e. The predicted octanol–water partition coefficient (Wildman–Crippen LogP) is 1.52. The van der Waals surface area contributed by atoms with E-state index in [1.807, 2.05) is 4.90 Å². The lowest BCUT2D eigenvalue weighted by atomic mass is 10.0. The number of nitrogens with one attached hydrogen (secondary N) is 1. The summed E-state index contributed by atoms with van der Waals surface area (Å²) in [5, 5.41) is 3.34. The number of carbonyl (C=O) groups excluding carboxylic acids is 1. The molecule has 0 aromatic heterocycles. The molecule has 0 bridgehead atoms. The van der Waals surface area contributed by atoms with E-state index in [0.29, 0.717) is 18.6 Å². The molecule has 4 heteroatoms. The molecule has 0 saturated carbocycles. The fraction of sp³-hybridized carbons (Fsp3) is 0.929. The average Bonchev–Trinajstić information content (AvgIpc) is 2.67. The van der Waals surface area contributed by atoms with Crippen LogP contribution in [0.15, 0.2) is 0 Å². The Hall–Kier alpha value is -0.610. The molecule has 4 nitrogen and oxygen atoms in total. The molecule has 1 fully saturated rings. The van der Waals surface area contributed by atoms with E-state index in [2.05, 4.69) is 44.8 Å². The van der Waals surface area contributed by atoms with E-state index in [-0.39, 0.29) is 11.9 Å². The van der Waals surface area contributed by atoms with Gasteiger partial charge in [-0.3, -0.25) is 10.1 Å². The maximum absolute atomic E-state index is 12.3. The number of nitrogens with zero attached hydrogens (tertiary/aromatic N) is 2. The molecule has 1 amide bonds. The number of amides is 1. The number of likely N-dealkylation sites (N-methyl/N-ethyl adjacent to an activating group) is 1. The van der Waals surface area contributed by atoms with Gasteiger partial charge in [-0.1, -0.05) is 27.7 Å². The van der Waals surface area contributed by atoms with Gasteiger partial charge in [-0.05, 0) is 32.4 Å². The van der Waals surface area contributed by atoms with Crippen LogP contribution in [0.4, 0.5) is 0 Å². The van der Waals surface area contributed by atoms with Gasteiger partial charge in [0.05, 0.1) is 12.7 Å². The Kier molecular flexibility index (Phi) is 6.09. The molecule has 1 aliphatic heterocycles. The fourth-order valence-corrected chi connectivity index (χ4v) is 2.56. The molecule has 18 heavy (non-hydrogen) atoms. The molecular formula is C14H29N3O. The van der Waals surface area contributed by atoms with Crippen LogP contribution in [0, 0.1) is 5.92 Å². The zero-order valence-corrected chi connectivity index (χ0v) is 12.6. The fourth-order valence-electron chi connectivity index (χ4n) is 2.56. The van der Waals surface area contributed by atoms with Crippen molar-refractivity contribution >= 4 is 5.91 Å². The Morgan fingerprint density at radius 2 is 1.94 bits per heavy atom. The monoisotopic (exact) mass is 255 g/mol. The minimum Gasteiger partial charge on any atom is -0.325 e. The topological polar surface area (TPSA) is 35.6 Å². The summed E-state index contributed by atoms with van der Waals surface area (Å²) in [5.41, 5.74) is 0. The molecule has 2 atom stereocenters. The third-order valence-electron chi connectivity index (χ3n) is 3.75. The number of carbonyl (C=O) groups is 1. The van der Waals surface area contributed by atoms with Gasteiger partial charge in [0, 0.05) is 12.6 Å². The van der Waals surface area contributed by atoms with Crippen molar-refractivity contribution in [2.45, 2.75) is 53.1 Å². The van der Waals surface area contributed by atoms with Crippen LogP contribution >= 0.6 is 0 Å². The van der Waals surface area contributed by atoms with Gasteiger partial charge in [0.1, 0.15) is 0 Å². The van der Waals surface area contributed by atoms with Crippen molar-refractivity contribution in [3.63, 3.8) is 0 Å². The highest BCUT2D eigenvalue weighted by molar-refractivity contribution is 5.84. The van der Waals surface area contributed by atoms with E-state index in [0.717, 1.165) is 26.1 Å². The maximum Gasteiger partial charge on any atom is 0.241 e. The van der Waals surface area contributed by atoms with Gasteiger partial charge < -0.3 is 9.80 Å². The van der Waals surface area contributed by atoms with Gasteiger partial charge in [0.15, 0.2) is 0 Å². The van der Waals surface area contributed by atoms with E-state index in [1.54, 1.807) is 0 Å². The van der Waals surface area contributed by atoms with E-state index >= 15 is 0 Å². The Morgan fingerprint density at radius 3 is 2.44 bits per heavy atom. The second-order valence-corrected chi connectivity index (χ2v) is 5.69. The second kappa shape index (κ2) is 7.10. The van der Waals surface area contributed by atoms with Crippen molar-refractivity contribution in [2.75, 3.05) is 26.3 Å². The first-order valence-corrected chi connectivity index (χ1v) is 7.25. The number of hydrogen-bond acceptors (Lipinski definition) is 3. The normalized spacial score (nSPS) is 22.3. The molecule has 0 spiro atoms. The Bertz CT molecular complexity index is 264. The lowest BCUT2D eigenvalue weighted by Gasteiger charge is -2.29. The van der Waals surface area contributed by atoms with E-state index < -0.39 is 0 Å². The lowest BCUT2D eigenvalue weighted by Crippen LogP contribution is -2.44. The summed E-state index contributed by atoms with van der Waals surface area (Å²) in [6.45, 7) is 14.6. The van der Waals surface area contributed by atoms with Gasteiger partial charge >= 0.3 is 0 Å². The molecular weight excluding hydrogens is 226 g/mol. The van der Waals surface area contributed by atoms with Crippen LogP contribution in [0.2, 0.25) is 0 Å². The standard InChI is InChI=1S/C14H29N3O/c1-6-16(7-2)9-12(5)17-10-15-13(14(17)18)8-11(3)4/h11-13,15H,6-10H2,1-5H3. The summed E-state index contributed by atoms with van der Waals surface area (Å²) in [6.07, 6.45) is 0.938. The zero-order chi connectivity index (χ0) is 13.7. The van der Waals surface area contributed by atoms with E-state index in [9.17, 15) is 4.79 Å². The SMILES string of the molecule is CCN(CC)CC(C)N1CNC(CC(C)C)C1=O. The van der Waals surface area contributed by atoms with Crippen LogP contribution < -0.4 is 5.32 Å². The molecule has 106 valence electrons. The molecule has 1 heterocycles. The average molecular weight is 255 g/mol. The largest absolute Gasteiger partial charge is 0.325 e. The lowest BCUT2D eigenvalue weighted by molar-refractivity contribution is -0.131. The van der Waals surface area contributed by atoms with Crippen LogP contribution in [0.3, 0.4) is 0 Å². The highest BCUT2D eigenvalue weighted by Crippen LogP contribution is 2.15. The van der Waals surface area contributed by atoms with Crippen LogP contribution in [0.5, 0.6) is 0 Å². The molecule has 1 aliphatic rings. The third kappa shape index (κ3) is 3.95. The predicted molar refractivity (Wildman–Crippen MR) is 75.3 cm³/mol. The van der Waals surface area contributed by atoms with Crippen molar-refractivity contribution in [3.8, 4) is 0 Å². The second-order valence-electron chi connectivity index (χ2n) is 5.69. The van der Waals surface area contributed by atoms with Crippen molar-refractivity contribution < 1.29 is 4.79 Å². The summed E-state index contributed by atoms with van der Waals surface area (Å²) in [6, 6.07) is 0.325. The van der Waals surface area contributed by atoms with E-state index in [1.165, 1.54) is 0 Å². The van der Waals surface area contributed by atoms with Crippen molar-refractivity contribution in [1.29, 1.82) is 0 Å².